The molecule has 0 saturated carbocycles. The van der Waals surface area contributed by atoms with Crippen molar-refractivity contribution in [3.05, 3.63) is 45.9 Å². The number of nitrogens with zero attached hydrogens (tertiary/aromatic N) is 3. The average molecular weight is 404 g/mol. The quantitative estimate of drug-likeness (QED) is 0.401. The van der Waals surface area contributed by atoms with Crippen molar-refractivity contribution in [2.24, 2.45) is 4.99 Å². The Morgan fingerprint density at radius 2 is 2.07 bits per heavy atom. The Morgan fingerprint density at radius 3 is 2.71 bits per heavy atom. The molecule has 1 atom stereocenters. The van der Waals surface area contributed by atoms with Crippen molar-refractivity contribution in [2.75, 3.05) is 38.7 Å². The van der Waals surface area contributed by atoms with E-state index < -0.39 is 0 Å². The Balaban J connectivity index is 1.88. The van der Waals surface area contributed by atoms with Gasteiger partial charge in [0.05, 0.1) is 18.3 Å². The summed E-state index contributed by atoms with van der Waals surface area (Å²) < 4.78 is 5.09. The first-order chi connectivity index (χ1) is 13.5. The number of thiazole rings is 1. The lowest BCUT2D eigenvalue weighted by atomic mass is 10.3. The number of esters is 1. The number of nitrogens with one attached hydrogen (secondary N) is 2. The SMILES string of the molecule is CCOC(=O)c1sc(C(C)NC(=NC)NCCN(C)c2ccccc2)nc1C. The minimum Gasteiger partial charge on any atom is -0.462 e. The largest absolute Gasteiger partial charge is 0.462 e. The van der Waals surface area contributed by atoms with Crippen LogP contribution in [0, 0.1) is 6.92 Å². The molecule has 0 bridgehead atoms. The van der Waals surface area contributed by atoms with Crippen molar-refractivity contribution in [2.45, 2.75) is 26.8 Å². The van der Waals surface area contributed by atoms with E-state index in [0.717, 1.165) is 18.1 Å². The van der Waals surface area contributed by atoms with Gasteiger partial charge in [-0.25, -0.2) is 9.78 Å². The maximum absolute atomic E-state index is 12.0. The van der Waals surface area contributed by atoms with E-state index in [-0.39, 0.29) is 12.0 Å². The molecule has 0 aliphatic carbocycles. The Hall–Kier alpha value is -2.61. The van der Waals surface area contributed by atoms with E-state index in [9.17, 15) is 4.79 Å². The van der Waals surface area contributed by atoms with Gasteiger partial charge in [0.2, 0.25) is 0 Å². The number of hydrogen-bond donors (Lipinski definition) is 2. The lowest BCUT2D eigenvalue weighted by Crippen LogP contribution is -2.41. The molecule has 0 radical (unpaired) electrons. The summed E-state index contributed by atoms with van der Waals surface area (Å²) in [5.74, 6) is 0.377. The van der Waals surface area contributed by atoms with Crippen LogP contribution in [0.4, 0.5) is 5.69 Å². The van der Waals surface area contributed by atoms with Crippen LogP contribution in [0.5, 0.6) is 0 Å². The Kier molecular flexibility index (Phi) is 8.25. The van der Waals surface area contributed by atoms with Crippen molar-refractivity contribution in [3.8, 4) is 0 Å². The van der Waals surface area contributed by atoms with Crippen LogP contribution in [0.1, 0.15) is 40.3 Å². The van der Waals surface area contributed by atoms with Crippen molar-refractivity contribution < 1.29 is 9.53 Å². The van der Waals surface area contributed by atoms with E-state index in [4.69, 9.17) is 4.74 Å². The molecule has 152 valence electrons. The Labute approximate surface area is 170 Å². The minimum atomic E-state index is -0.317. The zero-order valence-electron chi connectivity index (χ0n) is 17.2. The lowest BCUT2D eigenvalue weighted by molar-refractivity contribution is 0.0531. The molecule has 0 saturated heterocycles. The third kappa shape index (κ3) is 5.95. The van der Waals surface area contributed by atoms with Crippen molar-refractivity contribution >= 4 is 29.0 Å². The fourth-order valence-corrected chi connectivity index (χ4v) is 3.57. The molecule has 28 heavy (non-hydrogen) atoms. The molecule has 1 aromatic carbocycles. The highest BCUT2D eigenvalue weighted by atomic mass is 32.1. The number of rotatable bonds is 8. The van der Waals surface area contributed by atoms with E-state index in [0.29, 0.717) is 23.1 Å². The molecular formula is C20H29N5O2S. The van der Waals surface area contributed by atoms with Gasteiger partial charge in [-0.3, -0.25) is 4.99 Å². The van der Waals surface area contributed by atoms with Crippen LogP contribution in [0.15, 0.2) is 35.3 Å². The van der Waals surface area contributed by atoms with Gasteiger partial charge < -0.3 is 20.3 Å². The predicted octanol–water partition coefficient (Wildman–Crippen LogP) is 2.99. The maximum Gasteiger partial charge on any atom is 0.350 e. The van der Waals surface area contributed by atoms with Gasteiger partial charge in [-0.15, -0.1) is 11.3 Å². The standard InChI is InChI=1S/C20H29N5O2S/c1-6-27-19(26)17-14(2)23-18(28-17)15(3)24-20(21-4)22-12-13-25(5)16-10-8-7-9-11-16/h7-11,15H,6,12-13H2,1-5H3,(H2,21,22,24). The number of aliphatic imine (C=N–C) groups is 1. The zero-order valence-corrected chi connectivity index (χ0v) is 18.0. The topological polar surface area (TPSA) is 78.8 Å². The zero-order chi connectivity index (χ0) is 20.5. The maximum atomic E-state index is 12.0. The second kappa shape index (κ2) is 10.7. The molecule has 1 heterocycles. The van der Waals surface area contributed by atoms with E-state index in [1.165, 1.54) is 17.0 Å². The van der Waals surface area contributed by atoms with Gasteiger partial charge >= 0.3 is 5.97 Å². The number of carbonyl (C=O) groups excluding carboxylic acids is 1. The van der Waals surface area contributed by atoms with Gasteiger partial charge in [0.1, 0.15) is 9.88 Å². The predicted molar refractivity (Wildman–Crippen MR) is 115 cm³/mol. The van der Waals surface area contributed by atoms with Gasteiger partial charge in [0.15, 0.2) is 5.96 Å². The monoisotopic (exact) mass is 403 g/mol. The third-order valence-electron chi connectivity index (χ3n) is 4.16. The van der Waals surface area contributed by atoms with Gasteiger partial charge in [-0.2, -0.15) is 0 Å². The summed E-state index contributed by atoms with van der Waals surface area (Å²) in [6, 6.07) is 10.2. The fraction of sp³-hybridized carbons (Fsp3) is 0.450. The summed E-state index contributed by atoms with van der Waals surface area (Å²) in [4.78, 5) is 23.5. The second-order valence-corrected chi connectivity index (χ2v) is 7.34. The summed E-state index contributed by atoms with van der Waals surface area (Å²) in [5, 5.41) is 7.47. The van der Waals surface area contributed by atoms with Gasteiger partial charge in [-0.05, 0) is 32.9 Å². The number of hydrogen-bond acceptors (Lipinski definition) is 6. The summed E-state index contributed by atoms with van der Waals surface area (Å²) >= 11 is 1.35. The highest BCUT2D eigenvalue weighted by Crippen LogP contribution is 2.24. The van der Waals surface area contributed by atoms with Crippen LogP contribution in [0.2, 0.25) is 0 Å². The molecule has 8 heteroatoms. The van der Waals surface area contributed by atoms with Crippen LogP contribution >= 0.6 is 11.3 Å². The molecule has 2 rings (SSSR count). The first-order valence-corrected chi connectivity index (χ1v) is 10.2. The van der Waals surface area contributed by atoms with Crippen LogP contribution in [-0.2, 0) is 4.74 Å². The number of carbonyl (C=O) groups is 1. The molecule has 0 aliphatic heterocycles. The third-order valence-corrected chi connectivity index (χ3v) is 5.48. The molecule has 0 aliphatic rings. The average Bonchev–Trinajstić information content (AvgIpc) is 3.09. The summed E-state index contributed by atoms with van der Waals surface area (Å²) in [5.41, 5.74) is 1.87. The molecule has 0 fully saturated rings. The highest BCUT2D eigenvalue weighted by Gasteiger charge is 2.20. The summed E-state index contributed by atoms with van der Waals surface area (Å²) in [6.07, 6.45) is 0. The number of ether oxygens (including phenoxy) is 1. The fourth-order valence-electron chi connectivity index (χ4n) is 2.60. The lowest BCUT2D eigenvalue weighted by Gasteiger charge is -2.21. The summed E-state index contributed by atoms with van der Waals surface area (Å²) in [6.45, 7) is 7.55. The number of guanidine groups is 1. The van der Waals surface area contributed by atoms with Crippen molar-refractivity contribution in [1.29, 1.82) is 0 Å². The number of benzene rings is 1. The van der Waals surface area contributed by atoms with E-state index in [1.807, 2.05) is 32.0 Å². The van der Waals surface area contributed by atoms with Gasteiger partial charge in [0.25, 0.3) is 0 Å². The number of aromatic nitrogens is 1. The Bertz CT molecular complexity index is 791. The number of para-hydroxylation sites is 1. The molecule has 1 aromatic heterocycles. The first-order valence-electron chi connectivity index (χ1n) is 9.34. The molecular weight excluding hydrogens is 374 g/mol. The first kappa shape index (κ1) is 21.7. The highest BCUT2D eigenvalue weighted by molar-refractivity contribution is 7.13. The molecule has 2 aromatic rings. The van der Waals surface area contributed by atoms with Gasteiger partial charge in [-0.1, -0.05) is 18.2 Å². The Morgan fingerprint density at radius 1 is 1.36 bits per heavy atom. The molecule has 2 N–H and O–H groups in total. The van der Waals surface area contributed by atoms with Crippen molar-refractivity contribution in [1.82, 2.24) is 15.6 Å². The van der Waals surface area contributed by atoms with Crippen LogP contribution in [0.3, 0.4) is 0 Å². The van der Waals surface area contributed by atoms with Crippen LogP contribution < -0.4 is 15.5 Å². The van der Waals surface area contributed by atoms with Gasteiger partial charge in [0, 0.05) is 32.9 Å². The number of aryl methyl sites for hydroxylation is 1. The molecule has 0 amide bonds. The molecule has 1 unspecified atom stereocenters. The van der Waals surface area contributed by atoms with Crippen molar-refractivity contribution in [3.63, 3.8) is 0 Å². The second-order valence-electron chi connectivity index (χ2n) is 6.31. The summed E-state index contributed by atoms with van der Waals surface area (Å²) in [7, 11) is 3.80. The number of likely N-dealkylation sites (N-methyl/N-ethyl adjacent to an activating group) is 1. The van der Waals surface area contributed by atoms with E-state index in [1.54, 1.807) is 14.0 Å². The molecule has 0 spiro atoms. The van der Waals surface area contributed by atoms with Crippen LogP contribution in [-0.4, -0.2) is 50.7 Å². The molecule has 7 nitrogen and oxygen atoms in total. The normalized spacial score (nSPS) is 12.4. The van der Waals surface area contributed by atoms with Crippen LogP contribution in [0.25, 0.3) is 0 Å². The number of anilines is 1. The minimum absolute atomic E-state index is 0.0788. The smallest absolute Gasteiger partial charge is 0.350 e. The van der Waals surface area contributed by atoms with E-state index >= 15 is 0 Å². The van der Waals surface area contributed by atoms with E-state index in [2.05, 4.69) is 44.7 Å².